The van der Waals surface area contributed by atoms with Crippen molar-refractivity contribution in [1.82, 2.24) is 5.32 Å². The Labute approximate surface area is 418 Å². The van der Waals surface area contributed by atoms with E-state index in [1.807, 2.05) is 6.08 Å². The fourth-order valence-electron chi connectivity index (χ4n) is 9.34. The molecule has 67 heavy (non-hydrogen) atoms. The second kappa shape index (κ2) is 56.9. The van der Waals surface area contributed by atoms with Crippen molar-refractivity contribution in [3.8, 4) is 0 Å². The molecule has 0 saturated heterocycles. The van der Waals surface area contributed by atoms with Gasteiger partial charge >= 0.3 is 5.97 Å². The smallest absolute Gasteiger partial charge is 0.305 e. The third kappa shape index (κ3) is 53.5. The van der Waals surface area contributed by atoms with Crippen molar-refractivity contribution in [2.75, 3.05) is 13.2 Å². The Bertz CT molecular complexity index is 1040. The maximum atomic E-state index is 12.4. The van der Waals surface area contributed by atoms with E-state index in [0.29, 0.717) is 19.4 Å². The van der Waals surface area contributed by atoms with Gasteiger partial charge in [0.05, 0.1) is 25.4 Å². The number of carbonyl (C=O) groups is 2. The van der Waals surface area contributed by atoms with Crippen LogP contribution in [0.3, 0.4) is 0 Å². The molecule has 0 aliphatic rings. The lowest BCUT2D eigenvalue weighted by Gasteiger charge is -2.20. The molecule has 0 saturated carbocycles. The molecule has 0 radical (unpaired) electrons. The number of unbranched alkanes of at least 4 members (excludes halogenated alkanes) is 43. The first-order valence-electron chi connectivity index (χ1n) is 30.1. The van der Waals surface area contributed by atoms with E-state index >= 15 is 0 Å². The van der Waals surface area contributed by atoms with Crippen molar-refractivity contribution < 1.29 is 24.5 Å². The van der Waals surface area contributed by atoms with E-state index in [4.69, 9.17) is 4.74 Å². The molecular formula is C61H117NO5. The van der Waals surface area contributed by atoms with E-state index in [2.05, 4.69) is 31.3 Å². The van der Waals surface area contributed by atoms with Gasteiger partial charge in [0, 0.05) is 12.8 Å². The number of allylic oxidation sites excluding steroid dienone is 3. The van der Waals surface area contributed by atoms with Crippen molar-refractivity contribution in [1.29, 1.82) is 0 Å². The highest BCUT2D eigenvalue weighted by Gasteiger charge is 2.18. The van der Waals surface area contributed by atoms with E-state index in [9.17, 15) is 19.8 Å². The number of esters is 1. The molecule has 6 nitrogen and oxygen atoms in total. The third-order valence-electron chi connectivity index (χ3n) is 14.0. The minimum atomic E-state index is -0.841. The maximum absolute atomic E-state index is 12.4. The van der Waals surface area contributed by atoms with E-state index in [1.54, 1.807) is 6.08 Å². The molecule has 0 aromatic carbocycles. The molecule has 2 atom stereocenters. The number of amides is 1. The second-order valence-corrected chi connectivity index (χ2v) is 20.7. The Morgan fingerprint density at radius 1 is 0.403 bits per heavy atom. The van der Waals surface area contributed by atoms with Crippen LogP contribution in [0.25, 0.3) is 0 Å². The van der Waals surface area contributed by atoms with Gasteiger partial charge in [0.1, 0.15) is 0 Å². The van der Waals surface area contributed by atoms with Gasteiger partial charge in [-0.15, -0.1) is 0 Å². The summed E-state index contributed by atoms with van der Waals surface area (Å²) in [5.41, 5.74) is 0. The molecule has 0 spiro atoms. The largest absolute Gasteiger partial charge is 0.466 e. The third-order valence-corrected chi connectivity index (χ3v) is 14.0. The van der Waals surface area contributed by atoms with Crippen molar-refractivity contribution in [2.24, 2.45) is 0 Å². The summed E-state index contributed by atoms with van der Waals surface area (Å²) in [6.07, 6.45) is 69.5. The van der Waals surface area contributed by atoms with Crippen molar-refractivity contribution in [3.05, 3.63) is 24.3 Å². The van der Waals surface area contributed by atoms with Gasteiger partial charge in [0.2, 0.25) is 5.91 Å². The number of hydrogen-bond donors (Lipinski definition) is 3. The number of nitrogens with one attached hydrogen (secondary N) is 1. The highest BCUT2D eigenvalue weighted by molar-refractivity contribution is 5.76. The molecular weight excluding hydrogens is 827 g/mol. The van der Waals surface area contributed by atoms with Gasteiger partial charge in [0.25, 0.3) is 0 Å². The Morgan fingerprint density at radius 2 is 0.701 bits per heavy atom. The van der Waals surface area contributed by atoms with Crippen molar-refractivity contribution in [2.45, 2.75) is 341 Å². The number of aliphatic hydroxyl groups excluding tert-OH is 2. The fraction of sp³-hybridized carbons (Fsp3) is 0.902. The van der Waals surface area contributed by atoms with Crippen LogP contribution >= 0.6 is 0 Å². The van der Waals surface area contributed by atoms with E-state index < -0.39 is 12.1 Å². The molecule has 0 bridgehead atoms. The number of ether oxygens (including phenoxy) is 1. The van der Waals surface area contributed by atoms with Crippen LogP contribution in [0.4, 0.5) is 0 Å². The molecule has 1 amide bonds. The molecule has 3 N–H and O–H groups in total. The summed E-state index contributed by atoms with van der Waals surface area (Å²) in [6, 6.07) is -0.624. The average Bonchev–Trinajstić information content (AvgIpc) is 3.33. The maximum Gasteiger partial charge on any atom is 0.305 e. The summed E-state index contributed by atoms with van der Waals surface area (Å²) in [6.45, 7) is 4.89. The van der Waals surface area contributed by atoms with Gasteiger partial charge in [-0.3, -0.25) is 9.59 Å². The highest BCUT2D eigenvalue weighted by Crippen LogP contribution is 2.17. The zero-order valence-corrected chi connectivity index (χ0v) is 45.1. The minimum Gasteiger partial charge on any atom is -0.466 e. The molecule has 0 rings (SSSR count). The lowest BCUT2D eigenvalue weighted by molar-refractivity contribution is -0.143. The second-order valence-electron chi connectivity index (χ2n) is 20.7. The Balaban J connectivity index is 3.35. The summed E-state index contributed by atoms with van der Waals surface area (Å²) in [4.78, 5) is 24.4. The van der Waals surface area contributed by atoms with Crippen LogP contribution in [0, 0.1) is 0 Å². The number of carbonyl (C=O) groups excluding carboxylic acids is 2. The Kier molecular flexibility index (Phi) is 55.5. The lowest BCUT2D eigenvalue weighted by Crippen LogP contribution is -2.45. The standard InChI is InChI=1S/C61H117NO5/c1-3-5-7-9-11-13-14-35-39-43-47-51-55-61(66)67-56-52-48-44-40-36-33-31-29-27-25-23-21-19-17-15-16-18-20-22-24-26-28-30-32-34-38-42-46-50-54-60(65)62-58(57-63)59(64)53-49-45-41-37-12-10-8-6-4-2/h15,17,49,53,58-59,63-64H,3-14,16,18-48,50-52,54-57H2,1-2H3,(H,62,65)/b17-15-,53-49+. The fourth-order valence-corrected chi connectivity index (χ4v) is 9.34. The van der Waals surface area contributed by atoms with E-state index in [1.165, 1.54) is 263 Å². The van der Waals surface area contributed by atoms with Gasteiger partial charge in [0.15, 0.2) is 0 Å². The summed E-state index contributed by atoms with van der Waals surface area (Å²) in [7, 11) is 0. The Hall–Kier alpha value is -1.66. The first kappa shape index (κ1) is 65.3. The summed E-state index contributed by atoms with van der Waals surface area (Å²) >= 11 is 0. The number of aliphatic hydroxyl groups is 2. The van der Waals surface area contributed by atoms with Gasteiger partial charge in [-0.05, 0) is 57.8 Å². The first-order chi connectivity index (χ1) is 33.0. The van der Waals surface area contributed by atoms with Crippen molar-refractivity contribution >= 4 is 11.9 Å². The number of hydrogen-bond acceptors (Lipinski definition) is 5. The predicted octanol–water partition coefficient (Wildman–Crippen LogP) is 18.6. The zero-order valence-electron chi connectivity index (χ0n) is 45.1. The van der Waals surface area contributed by atoms with Crippen LogP contribution in [-0.4, -0.2) is 47.4 Å². The molecule has 6 heteroatoms. The topological polar surface area (TPSA) is 95.9 Å². The molecule has 0 aliphatic carbocycles. The monoisotopic (exact) mass is 944 g/mol. The molecule has 0 fully saturated rings. The van der Waals surface area contributed by atoms with Gasteiger partial charge in [-0.25, -0.2) is 0 Å². The Morgan fingerprint density at radius 3 is 1.06 bits per heavy atom. The van der Waals surface area contributed by atoms with Crippen molar-refractivity contribution in [3.63, 3.8) is 0 Å². The van der Waals surface area contributed by atoms with Crippen LogP contribution in [0.5, 0.6) is 0 Å². The summed E-state index contributed by atoms with van der Waals surface area (Å²) in [5.74, 6) is -0.0523. The summed E-state index contributed by atoms with van der Waals surface area (Å²) < 4.78 is 5.47. The minimum absolute atomic E-state index is 0.0168. The molecule has 0 aromatic rings. The van der Waals surface area contributed by atoms with Crippen LogP contribution < -0.4 is 5.32 Å². The van der Waals surface area contributed by atoms with Gasteiger partial charge < -0.3 is 20.3 Å². The quantitative estimate of drug-likeness (QED) is 0.0321. The zero-order chi connectivity index (χ0) is 48.6. The van der Waals surface area contributed by atoms with Crippen LogP contribution in [0.2, 0.25) is 0 Å². The molecule has 0 aliphatic heterocycles. The van der Waals surface area contributed by atoms with E-state index in [0.717, 1.165) is 38.5 Å². The average molecular weight is 945 g/mol. The molecule has 396 valence electrons. The molecule has 0 aromatic heterocycles. The van der Waals surface area contributed by atoms with Gasteiger partial charge in [-0.2, -0.15) is 0 Å². The molecule has 0 heterocycles. The molecule has 2 unspecified atom stereocenters. The normalized spacial score (nSPS) is 12.7. The SMILES string of the molecule is CCCCCCCCC/C=C/C(O)C(CO)NC(=O)CCCCCCCCCCCCCCC/C=C\CCCCCCCCCCCCCCOC(=O)CCCCCCCCCCCCCC. The van der Waals surface area contributed by atoms with Crippen LogP contribution in [-0.2, 0) is 14.3 Å². The number of rotatable bonds is 56. The van der Waals surface area contributed by atoms with E-state index in [-0.39, 0.29) is 18.5 Å². The van der Waals surface area contributed by atoms with Gasteiger partial charge in [-0.1, -0.05) is 282 Å². The summed E-state index contributed by atoms with van der Waals surface area (Å²) in [5, 5.41) is 22.9. The van der Waals surface area contributed by atoms with Crippen LogP contribution in [0.15, 0.2) is 24.3 Å². The lowest BCUT2D eigenvalue weighted by atomic mass is 10.0. The highest BCUT2D eigenvalue weighted by atomic mass is 16.5. The first-order valence-corrected chi connectivity index (χ1v) is 30.1. The predicted molar refractivity (Wildman–Crippen MR) is 292 cm³/mol. The van der Waals surface area contributed by atoms with Crippen LogP contribution in [0.1, 0.15) is 328 Å².